The minimum absolute atomic E-state index is 0.519. The highest BCUT2D eigenvalue weighted by Crippen LogP contribution is 2.13. The lowest BCUT2D eigenvalue weighted by Gasteiger charge is -2.20. The zero-order valence-electron chi connectivity index (χ0n) is 9.00. The van der Waals surface area contributed by atoms with Gasteiger partial charge in [0, 0.05) is 6.08 Å². The van der Waals surface area contributed by atoms with Crippen molar-refractivity contribution in [3.8, 4) is 5.75 Å². The quantitative estimate of drug-likeness (QED) is 0.466. The molecule has 1 rings (SSSR count). The van der Waals surface area contributed by atoms with Crippen LogP contribution in [0.5, 0.6) is 5.75 Å². The first-order valence-electron chi connectivity index (χ1n) is 4.86. The van der Waals surface area contributed by atoms with Crippen LogP contribution in [0.1, 0.15) is 6.92 Å². The van der Waals surface area contributed by atoms with Crippen molar-refractivity contribution in [3.63, 3.8) is 0 Å². The SMILES string of the molecule is C=CC(=O)OC(Oc1ccccc1)C(C)O. The fraction of sp³-hybridized carbons (Fsp3) is 0.250. The Bertz CT molecular complexity index is 345. The molecule has 0 aliphatic carbocycles. The second-order valence-electron chi connectivity index (χ2n) is 3.18. The molecule has 0 amide bonds. The number of carbonyl (C=O) groups is 1. The molecule has 0 aromatic heterocycles. The lowest BCUT2D eigenvalue weighted by atomic mass is 10.3. The van der Waals surface area contributed by atoms with Gasteiger partial charge in [0.2, 0.25) is 0 Å². The first-order valence-corrected chi connectivity index (χ1v) is 4.86. The molecule has 1 N–H and O–H groups in total. The lowest BCUT2D eigenvalue weighted by molar-refractivity contribution is -0.172. The molecule has 1 aromatic carbocycles. The summed E-state index contributed by atoms with van der Waals surface area (Å²) in [7, 11) is 0. The van der Waals surface area contributed by atoms with Crippen molar-refractivity contribution >= 4 is 5.97 Å². The molecular formula is C12H14O4. The minimum Gasteiger partial charge on any atom is -0.452 e. The zero-order chi connectivity index (χ0) is 12.0. The summed E-state index contributed by atoms with van der Waals surface area (Å²) in [5.74, 6) is -0.118. The van der Waals surface area contributed by atoms with Crippen molar-refractivity contribution in [1.29, 1.82) is 0 Å². The van der Waals surface area contributed by atoms with Gasteiger partial charge in [-0.1, -0.05) is 24.8 Å². The van der Waals surface area contributed by atoms with Crippen LogP contribution in [-0.4, -0.2) is 23.5 Å². The predicted molar refractivity (Wildman–Crippen MR) is 58.8 cm³/mol. The van der Waals surface area contributed by atoms with Crippen LogP contribution < -0.4 is 4.74 Å². The maximum absolute atomic E-state index is 11.0. The summed E-state index contributed by atoms with van der Waals surface area (Å²) in [6, 6.07) is 8.81. The molecule has 0 saturated carbocycles. The summed E-state index contributed by atoms with van der Waals surface area (Å²) in [5.41, 5.74) is 0. The van der Waals surface area contributed by atoms with Crippen molar-refractivity contribution in [3.05, 3.63) is 43.0 Å². The van der Waals surface area contributed by atoms with E-state index in [0.29, 0.717) is 5.75 Å². The largest absolute Gasteiger partial charge is 0.452 e. The Labute approximate surface area is 94.1 Å². The maximum atomic E-state index is 11.0. The van der Waals surface area contributed by atoms with E-state index in [1.807, 2.05) is 6.07 Å². The van der Waals surface area contributed by atoms with E-state index in [4.69, 9.17) is 9.47 Å². The van der Waals surface area contributed by atoms with Crippen LogP contribution in [0.4, 0.5) is 0 Å². The first-order chi connectivity index (χ1) is 7.63. The Hall–Kier alpha value is -1.81. The number of carbonyl (C=O) groups excluding carboxylic acids is 1. The van der Waals surface area contributed by atoms with Gasteiger partial charge in [0.25, 0.3) is 6.29 Å². The van der Waals surface area contributed by atoms with Gasteiger partial charge in [-0.05, 0) is 19.1 Å². The number of aliphatic hydroxyl groups excluding tert-OH is 1. The van der Waals surface area contributed by atoms with Crippen LogP contribution in [0.25, 0.3) is 0 Å². The highest BCUT2D eigenvalue weighted by Gasteiger charge is 2.20. The van der Waals surface area contributed by atoms with E-state index in [-0.39, 0.29) is 0 Å². The maximum Gasteiger partial charge on any atom is 0.333 e. The number of hydrogen-bond donors (Lipinski definition) is 1. The fourth-order valence-corrected chi connectivity index (χ4v) is 1.02. The van der Waals surface area contributed by atoms with Crippen molar-refractivity contribution < 1.29 is 19.4 Å². The average molecular weight is 222 g/mol. The lowest BCUT2D eigenvalue weighted by Crippen LogP contribution is -2.33. The predicted octanol–water partition coefficient (Wildman–Crippen LogP) is 1.50. The third kappa shape index (κ3) is 3.74. The van der Waals surface area contributed by atoms with Crippen molar-refractivity contribution in [2.75, 3.05) is 0 Å². The molecule has 2 unspecified atom stereocenters. The van der Waals surface area contributed by atoms with Crippen molar-refractivity contribution in [1.82, 2.24) is 0 Å². The molecule has 0 spiro atoms. The van der Waals surface area contributed by atoms with Gasteiger partial charge in [0.15, 0.2) is 0 Å². The Kier molecular flexibility index (Phi) is 4.54. The summed E-state index contributed by atoms with van der Waals surface area (Å²) in [5, 5.41) is 9.38. The molecule has 0 aliphatic heterocycles. The van der Waals surface area contributed by atoms with Gasteiger partial charge in [-0.15, -0.1) is 0 Å². The van der Waals surface area contributed by atoms with Crippen LogP contribution >= 0.6 is 0 Å². The summed E-state index contributed by atoms with van der Waals surface area (Å²) in [6.45, 7) is 4.74. The Morgan fingerprint density at radius 1 is 1.44 bits per heavy atom. The Morgan fingerprint density at radius 3 is 2.56 bits per heavy atom. The van der Waals surface area contributed by atoms with E-state index in [1.165, 1.54) is 6.92 Å². The molecule has 0 fully saturated rings. The average Bonchev–Trinajstić information content (AvgIpc) is 2.29. The number of esters is 1. The number of benzene rings is 1. The molecule has 86 valence electrons. The van der Waals surface area contributed by atoms with E-state index in [2.05, 4.69) is 6.58 Å². The first kappa shape index (κ1) is 12.3. The molecule has 0 radical (unpaired) electrons. The van der Waals surface area contributed by atoms with E-state index in [1.54, 1.807) is 24.3 Å². The molecule has 0 bridgehead atoms. The van der Waals surface area contributed by atoms with Gasteiger partial charge in [-0.3, -0.25) is 0 Å². The molecule has 1 aromatic rings. The molecule has 16 heavy (non-hydrogen) atoms. The van der Waals surface area contributed by atoms with E-state index in [9.17, 15) is 9.90 Å². The minimum atomic E-state index is -1.03. The standard InChI is InChI=1S/C12H14O4/c1-3-11(14)16-12(9(2)13)15-10-7-5-4-6-8-10/h3-9,12-13H,1H2,2H3. The Morgan fingerprint density at radius 2 is 2.06 bits per heavy atom. The van der Waals surface area contributed by atoms with Gasteiger partial charge >= 0.3 is 5.97 Å². The van der Waals surface area contributed by atoms with Gasteiger partial charge in [0.1, 0.15) is 11.9 Å². The molecule has 4 heteroatoms. The third-order valence-electron chi connectivity index (χ3n) is 1.79. The number of aliphatic hydroxyl groups is 1. The van der Waals surface area contributed by atoms with Crippen LogP contribution in [0.2, 0.25) is 0 Å². The van der Waals surface area contributed by atoms with Crippen LogP contribution in [0.15, 0.2) is 43.0 Å². The van der Waals surface area contributed by atoms with E-state index in [0.717, 1.165) is 6.08 Å². The van der Waals surface area contributed by atoms with Crippen molar-refractivity contribution in [2.24, 2.45) is 0 Å². The third-order valence-corrected chi connectivity index (χ3v) is 1.79. The molecular weight excluding hydrogens is 208 g/mol. The number of ether oxygens (including phenoxy) is 2. The van der Waals surface area contributed by atoms with Gasteiger partial charge in [-0.25, -0.2) is 4.79 Å². The number of hydrogen-bond acceptors (Lipinski definition) is 4. The van der Waals surface area contributed by atoms with Crippen molar-refractivity contribution in [2.45, 2.75) is 19.3 Å². The molecule has 0 heterocycles. The van der Waals surface area contributed by atoms with E-state index >= 15 is 0 Å². The highest BCUT2D eigenvalue weighted by atomic mass is 16.7. The second kappa shape index (κ2) is 5.92. The topological polar surface area (TPSA) is 55.8 Å². The summed E-state index contributed by atoms with van der Waals surface area (Å²) in [4.78, 5) is 11.0. The fourth-order valence-electron chi connectivity index (χ4n) is 1.02. The van der Waals surface area contributed by atoms with Crippen LogP contribution in [0.3, 0.4) is 0 Å². The number of para-hydroxylation sites is 1. The van der Waals surface area contributed by atoms with Crippen LogP contribution in [0, 0.1) is 0 Å². The highest BCUT2D eigenvalue weighted by molar-refractivity contribution is 5.81. The van der Waals surface area contributed by atoms with Crippen LogP contribution in [-0.2, 0) is 9.53 Å². The monoisotopic (exact) mass is 222 g/mol. The van der Waals surface area contributed by atoms with E-state index < -0.39 is 18.4 Å². The second-order valence-corrected chi connectivity index (χ2v) is 3.18. The Balaban J connectivity index is 2.65. The molecule has 4 nitrogen and oxygen atoms in total. The molecule has 2 atom stereocenters. The molecule has 0 aliphatic rings. The number of rotatable bonds is 5. The smallest absolute Gasteiger partial charge is 0.333 e. The summed E-state index contributed by atoms with van der Waals surface area (Å²) < 4.78 is 10.1. The van der Waals surface area contributed by atoms with Gasteiger partial charge < -0.3 is 14.6 Å². The summed E-state index contributed by atoms with van der Waals surface area (Å²) >= 11 is 0. The molecule has 0 saturated heterocycles. The summed E-state index contributed by atoms with van der Waals surface area (Å²) in [6.07, 6.45) is -0.944. The van der Waals surface area contributed by atoms with Gasteiger partial charge in [0.05, 0.1) is 0 Å². The zero-order valence-corrected chi connectivity index (χ0v) is 9.00. The normalized spacial score (nSPS) is 13.6. The van der Waals surface area contributed by atoms with Gasteiger partial charge in [-0.2, -0.15) is 0 Å².